The van der Waals surface area contributed by atoms with E-state index in [1.807, 2.05) is 0 Å². The minimum atomic E-state index is -1.12. The normalized spacial score (nSPS) is 19.4. The summed E-state index contributed by atoms with van der Waals surface area (Å²) in [6, 6.07) is 3.23. The number of benzene rings is 1. The van der Waals surface area contributed by atoms with Crippen molar-refractivity contribution in [3.8, 4) is 0 Å². The first-order valence-corrected chi connectivity index (χ1v) is 6.65. The SMILES string of the molecule is O=C(O)C1CCN(c2c(Cl)cc(Br)cc2Cl)C1=O. The Morgan fingerprint density at radius 1 is 1.39 bits per heavy atom. The van der Waals surface area contributed by atoms with Crippen LogP contribution in [0.2, 0.25) is 10.0 Å². The Morgan fingerprint density at radius 3 is 2.39 bits per heavy atom. The average Bonchev–Trinajstić information content (AvgIpc) is 2.59. The quantitative estimate of drug-likeness (QED) is 0.831. The van der Waals surface area contributed by atoms with E-state index in [2.05, 4.69) is 15.9 Å². The highest BCUT2D eigenvalue weighted by Crippen LogP contribution is 2.39. The van der Waals surface area contributed by atoms with Crippen LogP contribution in [0.5, 0.6) is 0 Å². The first-order valence-electron chi connectivity index (χ1n) is 5.10. The maximum Gasteiger partial charge on any atom is 0.316 e. The zero-order valence-corrected chi connectivity index (χ0v) is 12.1. The molecule has 1 N–H and O–H groups in total. The third-order valence-electron chi connectivity index (χ3n) is 2.76. The zero-order valence-electron chi connectivity index (χ0n) is 8.99. The van der Waals surface area contributed by atoms with Gasteiger partial charge in [-0.3, -0.25) is 9.59 Å². The molecular weight excluding hydrogens is 345 g/mol. The number of nitrogens with zero attached hydrogens (tertiary/aromatic N) is 1. The number of amides is 1. The lowest BCUT2D eigenvalue weighted by Gasteiger charge is -2.19. The van der Waals surface area contributed by atoms with E-state index >= 15 is 0 Å². The van der Waals surface area contributed by atoms with Crippen LogP contribution in [0.3, 0.4) is 0 Å². The summed E-state index contributed by atoms with van der Waals surface area (Å²) in [6.07, 6.45) is 0.261. The summed E-state index contributed by atoms with van der Waals surface area (Å²) in [7, 11) is 0. The molecule has 1 fully saturated rings. The van der Waals surface area contributed by atoms with Crippen LogP contribution in [0.25, 0.3) is 0 Å². The van der Waals surface area contributed by atoms with Gasteiger partial charge in [0.2, 0.25) is 5.91 Å². The van der Waals surface area contributed by atoms with Crippen LogP contribution in [0.1, 0.15) is 6.42 Å². The highest BCUT2D eigenvalue weighted by atomic mass is 79.9. The fraction of sp³-hybridized carbons (Fsp3) is 0.273. The van der Waals surface area contributed by atoms with Crippen LogP contribution in [-0.2, 0) is 9.59 Å². The van der Waals surface area contributed by atoms with Crippen molar-refractivity contribution in [1.29, 1.82) is 0 Å². The Morgan fingerprint density at radius 2 is 1.94 bits per heavy atom. The number of rotatable bonds is 2. The predicted octanol–water partition coefficient (Wildman–Crippen LogP) is 3.19. The van der Waals surface area contributed by atoms with E-state index in [0.29, 0.717) is 26.8 Å². The molecule has 1 aliphatic heterocycles. The standard InChI is InChI=1S/C11H8BrCl2NO3/c12-5-3-7(13)9(8(14)4-5)15-2-1-6(10(15)16)11(17)18/h3-4,6H,1-2H2,(H,17,18). The maximum absolute atomic E-state index is 12.0. The van der Waals surface area contributed by atoms with Gasteiger partial charge >= 0.3 is 5.97 Å². The average molecular weight is 353 g/mol. The Hall–Kier alpha value is -0.780. The number of carbonyl (C=O) groups excluding carboxylic acids is 1. The molecule has 96 valence electrons. The Balaban J connectivity index is 2.40. The fourth-order valence-corrected chi connectivity index (χ4v) is 3.34. The molecule has 1 aromatic rings. The summed E-state index contributed by atoms with van der Waals surface area (Å²) < 4.78 is 0.697. The van der Waals surface area contributed by atoms with Crippen molar-refractivity contribution in [3.05, 3.63) is 26.7 Å². The van der Waals surface area contributed by atoms with Crippen molar-refractivity contribution >= 4 is 56.7 Å². The molecule has 0 aromatic heterocycles. The minimum Gasteiger partial charge on any atom is -0.481 e. The predicted molar refractivity (Wildman–Crippen MR) is 72.3 cm³/mol. The second kappa shape index (κ2) is 5.07. The van der Waals surface area contributed by atoms with Crippen molar-refractivity contribution in [1.82, 2.24) is 0 Å². The Bertz CT molecular complexity index is 512. The van der Waals surface area contributed by atoms with Crippen molar-refractivity contribution < 1.29 is 14.7 Å². The lowest BCUT2D eigenvalue weighted by molar-refractivity contribution is -0.144. The highest BCUT2D eigenvalue weighted by Gasteiger charge is 2.39. The van der Waals surface area contributed by atoms with E-state index in [1.165, 1.54) is 4.90 Å². The first-order chi connectivity index (χ1) is 8.41. The molecule has 0 spiro atoms. The molecule has 0 saturated carbocycles. The number of halogens is 3. The van der Waals surface area contributed by atoms with Crippen molar-refractivity contribution in [2.45, 2.75) is 6.42 Å². The number of hydrogen-bond acceptors (Lipinski definition) is 2. The largest absolute Gasteiger partial charge is 0.481 e. The summed E-state index contributed by atoms with van der Waals surface area (Å²) in [5, 5.41) is 9.54. The van der Waals surface area contributed by atoms with Crippen molar-refractivity contribution in [2.24, 2.45) is 5.92 Å². The lowest BCUT2D eigenvalue weighted by Crippen LogP contribution is -2.30. The molecule has 0 bridgehead atoms. The molecule has 4 nitrogen and oxygen atoms in total. The summed E-state index contributed by atoms with van der Waals surface area (Å²) in [4.78, 5) is 24.2. The third-order valence-corrected chi connectivity index (χ3v) is 3.79. The molecule has 2 rings (SSSR count). The van der Waals surface area contributed by atoms with Gasteiger partial charge < -0.3 is 10.0 Å². The number of hydrogen-bond donors (Lipinski definition) is 1. The topological polar surface area (TPSA) is 57.6 Å². The van der Waals surface area contributed by atoms with Gasteiger partial charge in [-0.2, -0.15) is 0 Å². The number of carboxylic acid groups (broad SMARTS) is 1. The molecular formula is C11H8BrCl2NO3. The minimum absolute atomic E-state index is 0.261. The van der Waals surface area contributed by atoms with Gasteiger partial charge in [-0.15, -0.1) is 0 Å². The van der Waals surface area contributed by atoms with Gasteiger partial charge in [0.1, 0.15) is 5.92 Å². The maximum atomic E-state index is 12.0. The van der Waals surface area contributed by atoms with Crippen LogP contribution in [-0.4, -0.2) is 23.5 Å². The van der Waals surface area contributed by atoms with Gasteiger partial charge in [-0.05, 0) is 18.6 Å². The van der Waals surface area contributed by atoms with Gasteiger partial charge in [0.15, 0.2) is 0 Å². The summed E-state index contributed by atoms with van der Waals surface area (Å²) in [6.45, 7) is 0.302. The second-order valence-electron chi connectivity index (χ2n) is 3.89. The molecule has 1 atom stereocenters. The number of carboxylic acids is 1. The van der Waals surface area contributed by atoms with Crippen LogP contribution < -0.4 is 4.90 Å². The van der Waals surface area contributed by atoms with E-state index in [-0.39, 0.29) is 6.42 Å². The Labute approximate surface area is 122 Å². The van der Waals surface area contributed by atoms with E-state index in [0.717, 1.165) is 0 Å². The lowest BCUT2D eigenvalue weighted by atomic mass is 10.1. The summed E-state index contributed by atoms with van der Waals surface area (Å²) in [5.74, 6) is -2.61. The highest BCUT2D eigenvalue weighted by molar-refractivity contribution is 9.10. The van der Waals surface area contributed by atoms with Crippen LogP contribution >= 0.6 is 39.1 Å². The molecule has 18 heavy (non-hydrogen) atoms. The third kappa shape index (κ3) is 2.35. The monoisotopic (exact) mass is 351 g/mol. The molecule has 0 aliphatic carbocycles. The molecule has 1 unspecified atom stereocenters. The van der Waals surface area contributed by atoms with Crippen LogP contribution in [0.15, 0.2) is 16.6 Å². The second-order valence-corrected chi connectivity index (χ2v) is 5.62. The smallest absolute Gasteiger partial charge is 0.316 e. The first kappa shape index (κ1) is 13.6. The molecule has 1 saturated heterocycles. The van der Waals surface area contributed by atoms with Crippen LogP contribution in [0, 0.1) is 5.92 Å². The van der Waals surface area contributed by atoms with E-state index in [4.69, 9.17) is 28.3 Å². The molecule has 1 heterocycles. The summed E-state index contributed by atoms with van der Waals surface area (Å²) in [5.41, 5.74) is 0.371. The molecule has 1 aliphatic rings. The Kier molecular flexibility index (Phi) is 3.84. The zero-order chi connectivity index (χ0) is 13.4. The van der Waals surface area contributed by atoms with Gasteiger partial charge in [0.25, 0.3) is 0 Å². The van der Waals surface area contributed by atoms with E-state index in [1.54, 1.807) is 12.1 Å². The van der Waals surface area contributed by atoms with Gasteiger partial charge in [0.05, 0.1) is 15.7 Å². The number of anilines is 1. The molecule has 0 radical (unpaired) electrons. The van der Waals surface area contributed by atoms with Gasteiger partial charge in [0, 0.05) is 11.0 Å². The number of aliphatic carboxylic acids is 1. The molecule has 7 heteroatoms. The molecule has 1 aromatic carbocycles. The van der Waals surface area contributed by atoms with Crippen LogP contribution in [0.4, 0.5) is 5.69 Å². The van der Waals surface area contributed by atoms with Gasteiger partial charge in [-0.1, -0.05) is 39.1 Å². The van der Waals surface area contributed by atoms with Crippen molar-refractivity contribution in [2.75, 3.05) is 11.4 Å². The van der Waals surface area contributed by atoms with Crippen molar-refractivity contribution in [3.63, 3.8) is 0 Å². The summed E-state index contributed by atoms with van der Waals surface area (Å²) >= 11 is 15.3. The number of carbonyl (C=O) groups is 2. The van der Waals surface area contributed by atoms with E-state index in [9.17, 15) is 9.59 Å². The molecule has 1 amide bonds. The fourth-order valence-electron chi connectivity index (χ4n) is 1.92. The van der Waals surface area contributed by atoms with E-state index < -0.39 is 17.8 Å². The van der Waals surface area contributed by atoms with Gasteiger partial charge in [-0.25, -0.2) is 0 Å².